The van der Waals surface area contributed by atoms with Crippen molar-refractivity contribution in [3.8, 4) is 0 Å². The van der Waals surface area contributed by atoms with Gasteiger partial charge in [0.2, 0.25) is 5.95 Å². The lowest BCUT2D eigenvalue weighted by Gasteiger charge is -2.37. The molecule has 0 saturated carbocycles. The topological polar surface area (TPSA) is 67.8 Å². The highest BCUT2D eigenvalue weighted by Crippen LogP contribution is 2.34. The molecule has 5 rings (SSSR count). The van der Waals surface area contributed by atoms with Gasteiger partial charge in [0.1, 0.15) is 5.69 Å². The second-order valence-corrected chi connectivity index (χ2v) is 8.15. The van der Waals surface area contributed by atoms with E-state index in [0.717, 1.165) is 43.7 Å². The molecule has 1 spiro atoms. The summed E-state index contributed by atoms with van der Waals surface area (Å²) in [5, 5.41) is 0. The molecule has 29 heavy (non-hydrogen) atoms. The maximum Gasteiger partial charge on any atom is 0.277 e. The van der Waals surface area contributed by atoms with E-state index in [4.69, 9.17) is 9.47 Å². The highest BCUT2D eigenvalue weighted by Gasteiger charge is 2.40. The summed E-state index contributed by atoms with van der Waals surface area (Å²) >= 11 is 0. The van der Waals surface area contributed by atoms with Crippen LogP contribution in [0.4, 0.5) is 11.6 Å². The number of para-hydroxylation sites is 1. The fourth-order valence-electron chi connectivity index (χ4n) is 4.64. The fraction of sp³-hybridized carbons (Fsp3) is 0.500. The minimum absolute atomic E-state index is 0.0647. The number of nitrogens with zero attached hydrogens (tertiary/aromatic N) is 4. The van der Waals surface area contributed by atoms with Gasteiger partial charge in [-0.15, -0.1) is 0 Å². The van der Waals surface area contributed by atoms with Crippen molar-refractivity contribution in [1.29, 1.82) is 0 Å². The molecule has 0 bridgehead atoms. The first-order valence-corrected chi connectivity index (χ1v) is 10.3. The number of fused-ring (bicyclic) bond motifs is 1. The highest BCUT2D eigenvalue weighted by atomic mass is 16.7. The Kier molecular flexibility index (Phi) is 4.52. The van der Waals surface area contributed by atoms with Crippen molar-refractivity contribution in [1.82, 2.24) is 9.97 Å². The molecule has 1 atom stereocenters. The number of piperidine rings is 1. The molecule has 2 saturated heterocycles. The molecule has 0 N–H and O–H groups in total. The Hall–Kier alpha value is -2.51. The molecule has 1 aromatic heterocycles. The number of hydrogen-bond acceptors (Lipinski definition) is 6. The lowest BCUT2D eigenvalue weighted by Crippen LogP contribution is -2.46. The number of hydrogen-bond donors (Lipinski definition) is 0. The van der Waals surface area contributed by atoms with Crippen molar-refractivity contribution in [3.05, 3.63) is 47.3 Å². The molecule has 4 heterocycles. The van der Waals surface area contributed by atoms with Gasteiger partial charge in [-0.05, 0) is 38.0 Å². The van der Waals surface area contributed by atoms with Gasteiger partial charge < -0.3 is 19.3 Å². The lowest BCUT2D eigenvalue weighted by atomic mass is 10.0. The summed E-state index contributed by atoms with van der Waals surface area (Å²) in [4.78, 5) is 26.7. The van der Waals surface area contributed by atoms with Crippen LogP contribution in [-0.4, -0.2) is 54.0 Å². The van der Waals surface area contributed by atoms with Crippen LogP contribution in [0.2, 0.25) is 0 Å². The Bertz CT molecular complexity index is 931. The van der Waals surface area contributed by atoms with Gasteiger partial charge in [0.15, 0.2) is 5.79 Å². The Morgan fingerprint density at radius 3 is 2.62 bits per heavy atom. The van der Waals surface area contributed by atoms with Crippen LogP contribution in [0, 0.1) is 6.92 Å². The summed E-state index contributed by atoms with van der Waals surface area (Å²) < 4.78 is 11.6. The molecule has 0 aliphatic carbocycles. The van der Waals surface area contributed by atoms with E-state index >= 15 is 0 Å². The van der Waals surface area contributed by atoms with Gasteiger partial charge in [-0.3, -0.25) is 4.79 Å². The third kappa shape index (κ3) is 3.28. The number of benzene rings is 1. The second kappa shape index (κ2) is 7.07. The van der Waals surface area contributed by atoms with Crippen LogP contribution in [0.5, 0.6) is 0 Å². The van der Waals surface area contributed by atoms with Gasteiger partial charge in [0.05, 0.1) is 13.2 Å². The SMILES string of the molecule is Cc1cc(C(=O)N2c3ccccc3CC2C)nc(N2CCC3(CC2)OCCO3)n1. The number of anilines is 2. The van der Waals surface area contributed by atoms with Crippen LogP contribution in [0.1, 0.15) is 41.5 Å². The average molecular weight is 394 g/mol. The van der Waals surface area contributed by atoms with Gasteiger partial charge in [-0.2, -0.15) is 0 Å². The maximum absolute atomic E-state index is 13.4. The van der Waals surface area contributed by atoms with Gasteiger partial charge in [0, 0.05) is 43.4 Å². The summed E-state index contributed by atoms with van der Waals surface area (Å²) in [6, 6.07) is 10.0. The molecule has 1 aromatic carbocycles. The first-order valence-electron chi connectivity index (χ1n) is 10.3. The minimum Gasteiger partial charge on any atom is -0.347 e. The maximum atomic E-state index is 13.4. The summed E-state index contributed by atoms with van der Waals surface area (Å²) in [5.41, 5.74) is 3.44. The first-order chi connectivity index (χ1) is 14.0. The smallest absolute Gasteiger partial charge is 0.277 e. The van der Waals surface area contributed by atoms with Crippen molar-refractivity contribution >= 4 is 17.5 Å². The molecule has 2 aromatic rings. The van der Waals surface area contributed by atoms with E-state index in [0.29, 0.717) is 24.9 Å². The number of ether oxygens (including phenoxy) is 2. The number of aromatic nitrogens is 2. The number of carbonyl (C=O) groups excluding carboxylic acids is 1. The summed E-state index contributed by atoms with van der Waals surface area (Å²) in [5.74, 6) is 0.111. The van der Waals surface area contributed by atoms with Gasteiger partial charge in [0.25, 0.3) is 5.91 Å². The third-order valence-electron chi connectivity index (χ3n) is 6.11. The predicted molar refractivity (Wildman–Crippen MR) is 109 cm³/mol. The van der Waals surface area contributed by atoms with Crippen molar-refractivity contribution in [2.45, 2.75) is 44.9 Å². The molecule has 7 nitrogen and oxygen atoms in total. The number of amides is 1. The van der Waals surface area contributed by atoms with Crippen molar-refractivity contribution < 1.29 is 14.3 Å². The monoisotopic (exact) mass is 394 g/mol. The number of rotatable bonds is 2. The van der Waals surface area contributed by atoms with Crippen LogP contribution in [0.3, 0.4) is 0 Å². The van der Waals surface area contributed by atoms with Gasteiger partial charge in [-0.25, -0.2) is 9.97 Å². The van der Waals surface area contributed by atoms with Crippen molar-refractivity contribution in [2.75, 3.05) is 36.1 Å². The zero-order valence-electron chi connectivity index (χ0n) is 16.9. The van der Waals surface area contributed by atoms with Crippen LogP contribution in [0.15, 0.2) is 30.3 Å². The molecular weight excluding hydrogens is 368 g/mol. The van der Waals surface area contributed by atoms with Crippen LogP contribution in [-0.2, 0) is 15.9 Å². The molecule has 1 amide bonds. The molecule has 3 aliphatic rings. The first kappa shape index (κ1) is 18.5. The fourth-order valence-corrected chi connectivity index (χ4v) is 4.64. The third-order valence-corrected chi connectivity index (χ3v) is 6.11. The van der Waals surface area contributed by atoms with E-state index in [-0.39, 0.29) is 11.9 Å². The zero-order chi connectivity index (χ0) is 20.0. The highest BCUT2D eigenvalue weighted by molar-refractivity contribution is 6.06. The van der Waals surface area contributed by atoms with E-state index in [1.807, 2.05) is 30.0 Å². The Morgan fingerprint density at radius 2 is 1.86 bits per heavy atom. The Morgan fingerprint density at radius 1 is 1.14 bits per heavy atom. The number of carbonyl (C=O) groups is 1. The van der Waals surface area contributed by atoms with Crippen molar-refractivity contribution in [3.63, 3.8) is 0 Å². The molecule has 1 unspecified atom stereocenters. The molecule has 2 fully saturated rings. The van der Waals surface area contributed by atoms with E-state index in [1.54, 1.807) is 6.07 Å². The summed E-state index contributed by atoms with van der Waals surface area (Å²) in [6.07, 6.45) is 2.43. The van der Waals surface area contributed by atoms with Crippen LogP contribution in [0.25, 0.3) is 0 Å². The minimum atomic E-state index is -0.437. The van der Waals surface area contributed by atoms with Crippen LogP contribution >= 0.6 is 0 Å². The Balaban J connectivity index is 1.39. The molecular formula is C22H26N4O3. The lowest BCUT2D eigenvalue weighted by molar-refractivity contribution is -0.169. The summed E-state index contributed by atoms with van der Waals surface area (Å²) in [6.45, 7) is 6.82. The molecule has 152 valence electrons. The van der Waals surface area contributed by atoms with Gasteiger partial charge in [-0.1, -0.05) is 18.2 Å². The quantitative estimate of drug-likeness (QED) is 0.780. The van der Waals surface area contributed by atoms with E-state index in [2.05, 4.69) is 27.9 Å². The van der Waals surface area contributed by atoms with Gasteiger partial charge >= 0.3 is 0 Å². The average Bonchev–Trinajstić information content (AvgIpc) is 3.31. The van der Waals surface area contributed by atoms with Crippen molar-refractivity contribution in [2.24, 2.45) is 0 Å². The zero-order valence-corrected chi connectivity index (χ0v) is 16.9. The molecule has 0 radical (unpaired) electrons. The second-order valence-electron chi connectivity index (χ2n) is 8.15. The Labute approximate surface area is 170 Å². The van der Waals surface area contributed by atoms with Crippen LogP contribution < -0.4 is 9.80 Å². The predicted octanol–water partition coefficient (Wildman–Crippen LogP) is 2.72. The molecule has 3 aliphatic heterocycles. The number of aryl methyl sites for hydroxylation is 1. The van der Waals surface area contributed by atoms with E-state index in [9.17, 15) is 4.79 Å². The normalized spacial score (nSPS) is 22.9. The molecule has 7 heteroatoms. The largest absolute Gasteiger partial charge is 0.347 e. The standard InChI is InChI=1S/C22H26N4O3/c1-15-13-18(20(27)26-16(2)14-17-5-3-4-6-19(17)26)24-21(23-15)25-9-7-22(8-10-25)28-11-12-29-22/h3-6,13,16H,7-12,14H2,1-2H3. The van der Waals surface area contributed by atoms with E-state index < -0.39 is 5.79 Å². The van der Waals surface area contributed by atoms with E-state index in [1.165, 1.54) is 5.56 Å². The summed E-state index contributed by atoms with van der Waals surface area (Å²) in [7, 11) is 0.